The largest absolute Gasteiger partial charge is 0.368 e. The van der Waals surface area contributed by atoms with Gasteiger partial charge >= 0.3 is 0 Å². The predicted octanol–water partition coefficient (Wildman–Crippen LogP) is 4.69. The minimum atomic E-state index is -0.367. The van der Waals surface area contributed by atoms with E-state index in [2.05, 4.69) is 45.9 Å². The van der Waals surface area contributed by atoms with Crippen molar-refractivity contribution in [3.8, 4) is 0 Å². The summed E-state index contributed by atoms with van der Waals surface area (Å²) in [4.78, 5) is 34.4. The highest BCUT2D eigenvalue weighted by molar-refractivity contribution is 6.02. The van der Waals surface area contributed by atoms with Gasteiger partial charge in [0.1, 0.15) is 0 Å². The van der Waals surface area contributed by atoms with Crippen LogP contribution in [0.5, 0.6) is 0 Å². The van der Waals surface area contributed by atoms with Crippen LogP contribution in [0.1, 0.15) is 67.3 Å². The van der Waals surface area contributed by atoms with Gasteiger partial charge in [-0.15, -0.1) is 0 Å². The third-order valence-electron chi connectivity index (χ3n) is 7.99. The van der Waals surface area contributed by atoms with E-state index in [-0.39, 0.29) is 23.3 Å². The molecule has 2 aromatic carbocycles. The lowest BCUT2D eigenvalue weighted by molar-refractivity contribution is -0.137. The van der Waals surface area contributed by atoms with Crippen molar-refractivity contribution in [1.82, 2.24) is 9.80 Å². The third kappa shape index (κ3) is 3.81. The zero-order valence-corrected chi connectivity index (χ0v) is 19.7. The van der Waals surface area contributed by atoms with Crippen LogP contribution in [0.25, 0.3) is 0 Å². The summed E-state index contributed by atoms with van der Waals surface area (Å²) >= 11 is 0. The lowest BCUT2D eigenvalue weighted by Crippen LogP contribution is -2.62. The topological polar surface area (TPSA) is 43.9 Å². The molecule has 5 heteroatoms. The lowest BCUT2D eigenvalue weighted by Gasteiger charge is -2.51. The smallest absolute Gasteiger partial charge is 0.254 e. The van der Waals surface area contributed by atoms with Gasteiger partial charge in [-0.25, -0.2) is 0 Å². The molecule has 0 aromatic heterocycles. The van der Waals surface area contributed by atoms with Gasteiger partial charge in [-0.05, 0) is 43.0 Å². The Morgan fingerprint density at radius 3 is 2.30 bits per heavy atom. The second-order valence-corrected chi connectivity index (χ2v) is 9.79. The van der Waals surface area contributed by atoms with Crippen molar-refractivity contribution in [2.24, 2.45) is 0 Å². The maximum absolute atomic E-state index is 14.2. The highest BCUT2D eigenvalue weighted by Gasteiger charge is 2.56. The Morgan fingerprint density at radius 1 is 0.939 bits per heavy atom. The zero-order valence-electron chi connectivity index (χ0n) is 19.7. The van der Waals surface area contributed by atoms with Crippen LogP contribution >= 0.6 is 0 Å². The first-order valence-corrected chi connectivity index (χ1v) is 12.7. The Labute approximate surface area is 197 Å². The van der Waals surface area contributed by atoms with Gasteiger partial charge in [-0.1, -0.05) is 62.6 Å². The van der Waals surface area contributed by atoms with Gasteiger partial charge in [0.25, 0.3) is 5.91 Å². The van der Waals surface area contributed by atoms with Crippen LogP contribution in [0.3, 0.4) is 0 Å². The molecule has 0 N–H and O–H groups in total. The average molecular weight is 446 g/mol. The second kappa shape index (κ2) is 9.20. The third-order valence-corrected chi connectivity index (χ3v) is 7.99. The molecule has 33 heavy (non-hydrogen) atoms. The molecule has 2 fully saturated rings. The Balaban J connectivity index is 1.45. The molecule has 0 unspecified atom stereocenters. The molecule has 5 nitrogen and oxygen atoms in total. The van der Waals surface area contributed by atoms with E-state index in [4.69, 9.17) is 0 Å². The van der Waals surface area contributed by atoms with Crippen molar-refractivity contribution in [1.29, 1.82) is 0 Å². The maximum atomic E-state index is 14.2. The number of fused-ring (bicyclic) bond motifs is 1. The average Bonchev–Trinajstić information content (AvgIpc) is 3.34. The molecule has 2 aliphatic heterocycles. The van der Waals surface area contributed by atoms with Gasteiger partial charge < -0.3 is 14.7 Å². The molecule has 1 saturated heterocycles. The fourth-order valence-electron chi connectivity index (χ4n) is 6.29. The van der Waals surface area contributed by atoms with Gasteiger partial charge in [0.05, 0.1) is 11.5 Å². The molecule has 2 aromatic rings. The number of hydrogen-bond donors (Lipinski definition) is 0. The number of carbonyl (C=O) groups is 2. The molecule has 174 valence electrons. The van der Waals surface area contributed by atoms with Crippen LogP contribution in [-0.2, 0) is 4.79 Å². The Kier molecular flexibility index (Phi) is 6.13. The molecule has 1 atom stereocenters. The number of anilines is 1. The minimum absolute atomic E-state index is 0.124. The molecule has 2 amide bonds. The number of rotatable bonds is 5. The molecule has 3 aliphatic rings. The predicted molar refractivity (Wildman–Crippen MR) is 132 cm³/mol. The fourth-order valence-corrected chi connectivity index (χ4v) is 6.29. The van der Waals surface area contributed by atoms with Crippen molar-refractivity contribution >= 4 is 17.5 Å². The van der Waals surface area contributed by atoms with E-state index < -0.39 is 0 Å². The molecule has 0 radical (unpaired) electrons. The normalized spacial score (nSPS) is 22.0. The maximum Gasteiger partial charge on any atom is 0.254 e. The lowest BCUT2D eigenvalue weighted by atomic mass is 9.70. The Hall–Kier alpha value is -2.82. The minimum Gasteiger partial charge on any atom is -0.368 e. The van der Waals surface area contributed by atoms with Crippen LogP contribution in [0.4, 0.5) is 5.69 Å². The SMILES string of the molecule is CCCCN1C(=O)c2ccccc2[C@@H](C(=O)N2CCN(c3ccccc3)CC2)C12CCCC2. The number of benzene rings is 2. The van der Waals surface area contributed by atoms with Crippen molar-refractivity contribution in [3.63, 3.8) is 0 Å². The van der Waals surface area contributed by atoms with E-state index in [0.717, 1.165) is 82.4 Å². The fraction of sp³-hybridized carbons (Fsp3) is 0.500. The van der Waals surface area contributed by atoms with E-state index in [1.165, 1.54) is 5.69 Å². The summed E-state index contributed by atoms with van der Waals surface area (Å²) < 4.78 is 0. The van der Waals surface area contributed by atoms with Crippen molar-refractivity contribution < 1.29 is 9.59 Å². The van der Waals surface area contributed by atoms with Gasteiger partial charge in [-0.3, -0.25) is 9.59 Å². The van der Waals surface area contributed by atoms with Gasteiger partial charge in [0.15, 0.2) is 0 Å². The highest BCUT2D eigenvalue weighted by atomic mass is 16.2. The quantitative estimate of drug-likeness (QED) is 0.671. The van der Waals surface area contributed by atoms with Crippen LogP contribution < -0.4 is 4.90 Å². The van der Waals surface area contributed by atoms with Crippen LogP contribution in [-0.4, -0.2) is 59.9 Å². The summed E-state index contributed by atoms with van der Waals surface area (Å²) in [5.74, 6) is 0.0824. The van der Waals surface area contributed by atoms with Crippen LogP contribution in [0.15, 0.2) is 54.6 Å². The first kappa shape index (κ1) is 22.0. The van der Waals surface area contributed by atoms with E-state index >= 15 is 0 Å². The second-order valence-electron chi connectivity index (χ2n) is 9.79. The molecule has 5 rings (SSSR count). The summed E-state index contributed by atoms with van der Waals surface area (Å²) in [6, 6.07) is 18.3. The van der Waals surface area contributed by atoms with E-state index in [1.54, 1.807) is 0 Å². The molecule has 1 spiro atoms. The number of carbonyl (C=O) groups excluding carboxylic acids is 2. The Morgan fingerprint density at radius 2 is 1.61 bits per heavy atom. The molecular weight excluding hydrogens is 410 g/mol. The van der Waals surface area contributed by atoms with Gasteiger partial charge in [-0.2, -0.15) is 0 Å². The number of nitrogens with zero attached hydrogens (tertiary/aromatic N) is 3. The summed E-state index contributed by atoms with van der Waals surface area (Å²) in [6.07, 6.45) is 6.05. The Bertz CT molecular complexity index is 991. The standard InChI is InChI=1S/C28H35N3O2/c1-2-3-17-31-26(32)24-14-8-7-13-23(24)25(28(31)15-9-10-16-28)27(33)30-20-18-29(19-21-30)22-11-5-4-6-12-22/h4-8,11-14,25H,2-3,9-10,15-21H2,1H3/t25-/m0/s1. The summed E-state index contributed by atoms with van der Waals surface area (Å²) in [7, 11) is 0. The van der Waals surface area contributed by atoms with E-state index in [9.17, 15) is 9.59 Å². The number of unbranched alkanes of at least 4 members (excludes halogenated alkanes) is 1. The van der Waals surface area contributed by atoms with Crippen LogP contribution in [0.2, 0.25) is 0 Å². The van der Waals surface area contributed by atoms with E-state index in [0.29, 0.717) is 0 Å². The van der Waals surface area contributed by atoms with Gasteiger partial charge in [0.2, 0.25) is 5.91 Å². The number of para-hydroxylation sites is 1. The summed E-state index contributed by atoms with van der Waals surface area (Å²) in [5, 5.41) is 0. The molecule has 1 aliphatic carbocycles. The van der Waals surface area contributed by atoms with Crippen molar-refractivity contribution in [2.45, 2.75) is 56.9 Å². The van der Waals surface area contributed by atoms with Crippen LogP contribution in [0, 0.1) is 0 Å². The monoisotopic (exact) mass is 445 g/mol. The first-order valence-electron chi connectivity index (χ1n) is 12.7. The summed E-state index contributed by atoms with van der Waals surface area (Å²) in [5.41, 5.74) is 2.53. The zero-order chi connectivity index (χ0) is 22.8. The highest BCUT2D eigenvalue weighted by Crippen LogP contribution is 2.51. The van der Waals surface area contributed by atoms with Crippen molar-refractivity contribution in [3.05, 3.63) is 65.7 Å². The van der Waals surface area contributed by atoms with Crippen molar-refractivity contribution in [2.75, 3.05) is 37.6 Å². The summed E-state index contributed by atoms with van der Waals surface area (Å²) in [6.45, 7) is 6.05. The number of hydrogen-bond acceptors (Lipinski definition) is 3. The molecule has 2 heterocycles. The van der Waals surface area contributed by atoms with Gasteiger partial charge in [0, 0.05) is 44.0 Å². The molecule has 1 saturated carbocycles. The van der Waals surface area contributed by atoms with E-state index in [1.807, 2.05) is 30.3 Å². The molecule has 0 bridgehead atoms. The molecular formula is C28H35N3O2. The number of amides is 2. The first-order chi connectivity index (χ1) is 16.2. The number of piperazine rings is 1.